The molecule has 0 saturated carbocycles. The lowest BCUT2D eigenvalue weighted by molar-refractivity contribution is -0.429. The Morgan fingerprint density at radius 3 is 0.912 bits per heavy atom. The third-order valence-electron chi connectivity index (χ3n) is 22.7. The molecule has 0 aromatic heterocycles. The minimum absolute atomic E-state index is 0.937. The summed E-state index contributed by atoms with van der Waals surface area (Å²) < 4.78 is 128. The molecule has 59 nitrogen and oxygen atoms in total. The first-order valence-electron chi connectivity index (χ1n) is 38.8. The summed E-state index contributed by atoms with van der Waals surface area (Å²) in [6, 6.07) is 0. The van der Waals surface area contributed by atoms with E-state index in [2.05, 4.69) is 0 Å². The standard InChI is InChI=1S/C65H111O59P/c66-2-12(76)42-29(86)30(87)52(120-56-35(92)27(84)24(81)18(7-71)106-56)62(111-42)122-54-50(118-60-39(96)33(90)48(22(11-75)110-60)116-59-38(95)32(89)47(21(10-74)109-59)115-58-37(94)31(88)46(20(9-73)108-58)114-55-34(91)26(83)23(80)17(6-70)105-55)40(97)43(13(77)3-67)112-63(54)119-51-41(98)61(113-44(14(78)4-68)53(51)121-57-36(93)28(85)25(82)19(8-72)107-57)117-49-16(124-125(102,103)104)1-65(101,64(99)100)123-45(49)15(79)5-69/h12-63,66-98,101H,1-11H2,(H,99,100)(H2,102,103,104)/t12-,13-,14-,15+,16+,17+,18+,19+,20+,21+,22+,23-,24-,25+,26-,27-,28-,29-,30-,31+,32+,33+,34+,35+,36+,37+,38+,39+,40+,41-,42+,43+,44+,45+,46-,47+,48+,49+,50-,51+,52-,53+,54-,55+,56-,57-,58-,59-,60+,61+,62+,63+,65+/m0/s1. The Labute approximate surface area is 701 Å². The first kappa shape index (κ1) is 105. The first-order valence-corrected chi connectivity index (χ1v) is 40.3. The molecule has 0 spiro atoms. The van der Waals surface area contributed by atoms with E-state index in [-0.39, 0.29) is 0 Å². The Kier molecular flexibility index (Phi) is 37.0. The van der Waals surface area contributed by atoms with Gasteiger partial charge in [-0.25, -0.2) is 9.36 Å². The molecule has 0 aromatic rings. The molecular formula is C65H111O59P. The lowest BCUT2D eigenvalue weighted by Crippen LogP contribution is -2.72. The second-order valence-electron chi connectivity index (χ2n) is 31.0. The Morgan fingerprint density at radius 2 is 0.552 bits per heavy atom. The number of hydrogen-bond acceptors (Lipinski definition) is 56. The average Bonchev–Trinajstić information content (AvgIpc) is 0.831. The SMILES string of the molecule is O=C(O)[C@@]1(O)C[C@@H](OP(=O)(O)O)[C@@H](O[C@H]2O[C@H]([C@@H](O)CO)[C@@H](O[C@@H]3O[C@H](CO)[C@@H](O)[C@H](O)[C@H]3O)[C@H](O[C@H]3O[C@H]([C@@H](O)CO)[C@@H](O)[C@H](O[C@H]4O[C@H](CO)[C@@H](O[C@@H]5O[C@H](CO)[C@@H](O[C@@H]6O[C@H](CO)[C@H](O[C@H]7O[C@H](CO)[C@H](O)[C@H](O)[C@H]7O)[C@H](O)[C@H]6O)[C@H](O)[C@H]5O)[C@H](O)[C@H]4O)[C@@H]3O[C@H]3O[C@H]([C@@H](O)CO)[C@@H](O)[C@H](O)[C@@H]3O[C@@H]3O[C@H](CO)[C@H](O)[C@H](O)[C@H]3O)[C@@H]2O)[C@@H]([C@H](O)CO)O1. The van der Waals surface area contributed by atoms with Crippen LogP contribution in [0.15, 0.2) is 0 Å². The van der Waals surface area contributed by atoms with E-state index >= 15 is 0 Å². The normalized spacial score (nSPS) is 50.2. The highest BCUT2D eigenvalue weighted by molar-refractivity contribution is 7.46. The highest BCUT2D eigenvalue weighted by atomic mass is 31.2. The molecule has 0 radical (unpaired) electrons. The van der Waals surface area contributed by atoms with Gasteiger partial charge in [-0.05, 0) is 0 Å². The van der Waals surface area contributed by atoms with Gasteiger partial charge in [-0.2, -0.15) is 0 Å². The van der Waals surface area contributed by atoms with Crippen molar-refractivity contribution in [3.63, 3.8) is 0 Å². The van der Waals surface area contributed by atoms with Crippen molar-refractivity contribution < 1.29 is 292 Å². The molecular weight excluding hydrogens is 1760 g/mol. The monoisotopic (exact) mass is 1870 g/mol. The van der Waals surface area contributed by atoms with Crippen LogP contribution in [0.5, 0.6) is 0 Å². The number of aliphatic carboxylic acids is 1. The van der Waals surface area contributed by atoms with Gasteiger partial charge in [-0.1, -0.05) is 0 Å². The van der Waals surface area contributed by atoms with Crippen molar-refractivity contribution in [2.75, 3.05) is 66.1 Å². The molecule has 730 valence electrons. The number of carboxylic acid groups (broad SMARTS) is 1. The largest absolute Gasteiger partial charge is 0.477 e. The summed E-state index contributed by atoms with van der Waals surface area (Å²) in [4.78, 5) is 32.8. The fraction of sp³-hybridized carbons (Fsp3) is 0.985. The topological polar surface area (TPSA) is 967 Å². The van der Waals surface area contributed by atoms with Gasteiger partial charge in [0.1, 0.15) is 262 Å². The van der Waals surface area contributed by atoms with Crippen molar-refractivity contribution in [1.82, 2.24) is 0 Å². The maximum atomic E-state index is 13.0. The van der Waals surface area contributed by atoms with Gasteiger partial charge < -0.3 is 279 Å². The summed E-state index contributed by atoms with van der Waals surface area (Å²) in [5.41, 5.74) is 0. The van der Waals surface area contributed by atoms with E-state index in [1.165, 1.54) is 0 Å². The van der Waals surface area contributed by atoms with Crippen LogP contribution < -0.4 is 0 Å². The summed E-state index contributed by atoms with van der Waals surface area (Å²) in [6.07, 6.45) is -128. The van der Waals surface area contributed by atoms with E-state index < -0.39 is 411 Å². The predicted octanol–water partition coefficient (Wildman–Crippen LogP) is -24.8. The highest BCUT2D eigenvalue weighted by Crippen LogP contribution is 2.47. The quantitative estimate of drug-likeness (QED) is 0.0262. The van der Waals surface area contributed by atoms with Crippen molar-refractivity contribution in [3.8, 4) is 0 Å². The number of ether oxygens (including phenoxy) is 19. The van der Waals surface area contributed by atoms with Gasteiger partial charge in [0.2, 0.25) is 0 Å². The Morgan fingerprint density at radius 1 is 0.288 bits per heavy atom. The average molecular weight is 1870 g/mol. The van der Waals surface area contributed by atoms with Gasteiger partial charge in [0.15, 0.2) is 56.6 Å². The number of carboxylic acids is 1. The first-order chi connectivity index (χ1) is 58.9. The number of phosphoric ester groups is 1. The Hall–Kier alpha value is -2.54. The van der Waals surface area contributed by atoms with Crippen LogP contribution in [0.3, 0.4) is 0 Å². The number of aliphatic hydroxyl groups is 34. The third kappa shape index (κ3) is 22.4. The van der Waals surface area contributed by atoms with Gasteiger partial charge in [0.05, 0.1) is 66.1 Å². The maximum Gasteiger partial charge on any atom is 0.469 e. The van der Waals surface area contributed by atoms with Gasteiger partial charge in [0, 0.05) is 6.42 Å². The van der Waals surface area contributed by atoms with Crippen molar-refractivity contribution in [1.29, 1.82) is 0 Å². The molecule has 0 aliphatic carbocycles. The summed E-state index contributed by atoms with van der Waals surface area (Å²) >= 11 is 0. The molecule has 0 unspecified atom stereocenters. The van der Waals surface area contributed by atoms with Gasteiger partial charge in [-0.15, -0.1) is 0 Å². The van der Waals surface area contributed by atoms with Crippen LogP contribution in [0.4, 0.5) is 0 Å². The van der Waals surface area contributed by atoms with Gasteiger partial charge >= 0.3 is 13.8 Å². The molecule has 0 amide bonds. The van der Waals surface area contributed by atoms with Crippen LogP contribution in [0.1, 0.15) is 6.42 Å². The van der Waals surface area contributed by atoms with E-state index in [0.717, 1.165) is 0 Å². The van der Waals surface area contributed by atoms with Crippen molar-refractivity contribution in [2.45, 2.75) is 331 Å². The molecule has 10 saturated heterocycles. The third-order valence-corrected chi connectivity index (χ3v) is 23.2. The highest BCUT2D eigenvalue weighted by Gasteiger charge is 2.65. The molecule has 10 rings (SSSR count). The molecule has 0 aromatic carbocycles. The van der Waals surface area contributed by atoms with Gasteiger partial charge in [0.25, 0.3) is 5.79 Å². The molecule has 10 aliphatic rings. The van der Waals surface area contributed by atoms with Crippen molar-refractivity contribution in [2.24, 2.45) is 0 Å². The van der Waals surface area contributed by atoms with Crippen LogP contribution in [0.25, 0.3) is 0 Å². The number of aliphatic hydroxyl groups excluding tert-OH is 33. The van der Waals surface area contributed by atoms with Crippen LogP contribution in [0.2, 0.25) is 0 Å². The lowest BCUT2D eigenvalue weighted by Gasteiger charge is -2.53. The van der Waals surface area contributed by atoms with Crippen LogP contribution in [-0.2, 0) is 104 Å². The number of phosphoric acid groups is 1. The molecule has 53 atom stereocenters. The Balaban J connectivity index is 1.03. The van der Waals surface area contributed by atoms with E-state index in [1.54, 1.807) is 0 Å². The van der Waals surface area contributed by atoms with Crippen molar-refractivity contribution >= 4 is 13.8 Å². The van der Waals surface area contributed by atoms with E-state index in [4.69, 9.17) is 94.5 Å². The van der Waals surface area contributed by atoms with Crippen LogP contribution in [-0.4, -0.2) is 585 Å². The fourth-order valence-electron chi connectivity index (χ4n) is 15.8. The summed E-state index contributed by atoms with van der Waals surface area (Å²) in [6.45, 7) is -13.2. The summed E-state index contributed by atoms with van der Waals surface area (Å²) in [5.74, 6) is -6.00. The smallest absolute Gasteiger partial charge is 0.469 e. The summed E-state index contributed by atoms with van der Waals surface area (Å²) in [7, 11) is -6.03. The number of hydrogen-bond donors (Lipinski definition) is 37. The summed E-state index contributed by atoms with van der Waals surface area (Å²) in [5, 5.41) is 388. The zero-order chi connectivity index (χ0) is 92.5. The minimum Gasteiger partial charge on any atom is -0.477 e. The number of rotatable bonds is 35. The minimum atomic E-state index is -6.03. The van der Waals surface area contributed by atoms with E-state index in [0.29, 0.717) is 0 Å². The zero-order valence-corrected chi connectivity index (χ0v) is 65.7. The predicted molar refractivity (Wildman–Crippen MR) is 370 cm³/mol. The maximum absolute atomic E-state index is 13.0. The molecule has 0 bridgehead atoms. The Bertz CT molecular complexity index is 3330. The van der Waals surface area contributed by atoms with E-state index in [9.17, 15) is 198 Å². The fourth-order valence-corrected chi connectivity index (χ4v) is 16.3. The van der Waals surface area contributed by atoms with E-state index in [1.807, 2.05) is 0 Å². The zero-order valence-electron chi connectivity index (χ0n) is 64.8. The molecule has 125 heavy (non-hydrogen) atoms. The molecule has 60 heteroatoms. The van der Waals surface area contributed by atoms with Crippen molar-refractivity contribution in [3.05, 3.63) is 0 Å². The molecule has 10 fully saturated rings. The van der Waals surface area contributed by atoms with Gasteiger partial charge in [-0.3, -0.25) is 4.52 Å². The number of carbonyl (C=O) groups is 1. The van der Waals surface area contributed by atoms with Crippen LogP contribution >= 0.6 is 7.82 Å². The second-order valence-corrected chi connectivity index (χ2v) is 32.2. The lowest BCUT2D eigenvalue weighted by atomic mass is 9.91. The molecule has 37 N–H and O–H groups in total. The van der Waals surface area contributed by atoms with Crippen LogP contribution in [0, 0.1) is 0 Å². The molecule has 10 heterocycles. The molecule has 10 aliphatic heterocycles. The second kappa shape index (κ2) is 44.3.